The number of amides is 1. The molecule has 0 radical (unpaired) electrons. The molecule has 5 heteroatoms. The number of likely N-dealkylation sites (N-methyl/N-ethyl adjacent to an activating group) is 1. The van der Waals surface area contributed by atoms with Gasteiger partial charge in [0.2, 0.25) is 5.91 Å². The van der Waals surface area contributed by atoms with E-state index < -0.39 is 6.61 Å². The summed E-state index contributed by atoms with van der Waals surface area (Å²) in [4.78, 5) is 12.5. The number of carbonyl (C=O) groups excluding carboxylic acids is 1. The molecule has 0 aromatic heterocycles. The van der Waals surface area contributed by atoms with Crippen LogP contribution in [-0.4, -0.2) is 43.2 Å². The summed E-state index contributed by atoms with van der Waals surface area (Å²) in [6.07, 6.45) is 0.475. The Labute approximate surface area is 99.6 Å². The molecule has 1 amide bonds. The zero-order chi connectivity index (χ0) is 12.8. The van der Waals surface area contributed by atoms with Gasteiger partial charge in [0, 0.05) is 13.6 Å². The van der Waals surface area contributed by atoms with Crippen LogP contribution in [0, 0.1) is 5.82 Å². The van der Waals surface area contributed by atoms with Gasteiger partial charge in [-0.1, -0.05) is 0 Å². The fourth-order valence-electron chi connectivity index (χ4n) is 1.48. The summed E-state index contributed by atoms with van der Waals surface area (Å²) in [5.74, 6) is -0.103. The molecule has 0 aliphatic rings. The maximum Gasteiger partial charge on any atom is 0.248 e. The van der Waals surface area contributed by atoms with Gasteiger partial charge in [-0.15, -0.1) is 0 Å². The first-order valence-corrected chi connectivity index (χ1v) is 5.25. The van der Waals surface area contributed by atoms with Crippen LogP contribution >= 0.6 is 0 Å². The van der Waals surface area contributed by atoms with E-state index in [0.29, 0.717) is 24.3 Å². The van der Waals surface area contributed by atoms with Crippen LogP contribution in [0.3, 0.4) is 0 Å². The molecule has 0 heterocycles. The van der Waals surface area contributed by atoms with Crippen molar-refractivity contribution in [3.8, 4) is 5.75 Å². The average Bonchev–Trinajstić information content (AvgIpc) is 2.35. The maximum absolute atomic E-state index is 13.1. The summed E-state index contributed by atoms with van der Waals surface area (Å²) in [5.41, 5.74) is 0.699. The Hall–Kier alpha value is -1.62. The standard InChI is InChI=1S/C12H16FNO3/c1-14(12(16)8-15)6-5-9-7-10(13)3-4-11(9)17-2/h3-4,7,15H,5-6,8H2,1-2H3. The number of ether oxygens (including phenoxy) is 1. The first kappa shape index (κ1) is 13.4. The lowest BCUT2D eigenvalue weighted by Gasteiger charge is -2.16. The van der Waals surface area contributed by atoms with Gasteiger partial charge in [-0.25, -0.2) is 4.39 Å². The van der Waals surface area contributed by atoms with Gasteiger partial charge in [0.1, 0.15) is 18.2 Å². The average molecular weight is 241 g/mol. The van der Waals surface area contributed by atoms with Crippen LogP contribution in [-0.2, 0) is 11.2 Å². The second kappa shape index (κ2) is 6.20. The predicted octanol–water partition coefficient (Wildman–Crippen LogP) is 0.828. The van der Waals surface area contributed by atoms with Crippen molar-refractivity contribution < 1.29 is 19.0 Å². The number of benzene rings is 1. The Bertz CT molecular complexity index is 395. The van der Waals surface area contributed by atoms with Crippen molar-refractivity contribution in [2.24, 2.45) is 0 Å². The molecular weight excluding hydrogens is 225 g/mol. The molecule has 4 nitrogen and oxygen atoms in total. The van der Waals surface area contributed by atoms with E-state index in [4.69, 9.17) is 9.84 Å². The molecule has 0 aliphatic heterocycles. The molecular formula is C12H16FNO3. The molecule has 0 fully saturated rings. The molecule has 1 N–H and O–H groups in total. The van der Waals surface area contributed by atoms with Gasteiger partial charge < -0.3 is 14.7 Å². The number of halogens is 1. The van der Waals surface area contributed by atoms with Crippen molar-refractivity contribution in [2.75, 3.05) is 27.3 Å². The Kier molecular flexibility index (Phi) is 4.90. The van der Waals surface area contributed by atoms with E-state index in [0.717, 1.165) is 0 Å². The minimum Gasteiger partial charge on any atom is -0.496 e. The summed E-state index contributed by atoms with van der Waals surface area (Å²) in [5, 5.41) is 8.67. The largest absolute Gasteiger partial charge is 0.496 e. The van der Waals surface area contributed by atoms with Crippen molar-refractivity contribution in [3.63, 3.8) is 0 Å². The lowest BCUT2D eigenvalue weighted by molar-refractivity contribution is -0.132. The summed E-state index contributed by atoms with van der Waals surface area (Å²) in [7, 11) is 3.10. The van der Waals surface area contributed by atoms with Gasteiger partial charge in [0.05, 0.1) is 7.11 Å². The first-order valence-electron chi connectivity index (χ1n) is 5.25. The molecule has 1 rings (SSSR count). The molecule has 0 spiro atoms. The fraction of sp³-hybridized carbons (Fsp3) is 0.417. The van der Waals surface area contributed by atoms with Crippen LogP contribution in [0.25, 0.3) is 0 Å². The third-order valence-corrected chi connectivity index (χ3v) is 2.52. The fourth-order valence-corrected chi connectivity index (χ4v) is 1.48. The first-order chi connectivity index (χ1) is 8.08. The van der Waals surface area contributed by atoms with E-state index in [9.17, 15) is 9.18 Å². The molecule has 0 saturated carbocycles. The van der Waals surface area contributed by atoms with Crippen molar-refractivity contribution in [1.82, 2.24) is 4.90 Å². The molecule has 0 saturated heterocycles. The minimum absolute atomic E-state index is 0.336. The van der Waals surface area contributed by atoms with E-state index in [1.807, 2.05) is 0 Å². The highest BCUT2D eigenvalue weighted by Gasteiger charge is 2.09. The summed E-state index contributed by atoms with van der Waals surface area (Å²) >= 11 is 0. The SMILES string of the molecule is COc1ccc(F)cc1CCN(C)C(=O)CO. The highest BCUT2D eigenvalue weighted by Crippen LogP contribution is 2.19. The Balaban J connectivity index is 2.68. The Morgan fingerprint density at radius 3 is 2.82 bits per heavy atom. The summed E-state index contributed by atoms with van der Waals surface area (Å²) < 4.78 is 18.2. The van der Waals surface area contributed by atoms with Gasteiger partial charge in [0.25, 0.3) is 0 Å². The lowest BCUT2D eigenvalue weighted by Crippen LogP contribution is -2.31. The van der Waals surface area contributed by atoms with E-state index in [2.05, 4.69) is 0 Å². The lowest BCUT2D eigenvalue weighted by atomic mass is 10.1. The van der Waals surface area contributed by atoms with E-state index in [-0.39, 0.29) is 11.7 Å². The minimum atomic E-state index is -0.517. The maximum atomic E-state index is 13.1. The van der Waals surface area contributed by atoms with Crippen LogP contribution < -0.4 is 4.74 Å². The smallest absolute Gasteiger partial charge is 0.248 e. The van der Waals surface area contributed by atoms with Crippen LogP contribution in [0.4, 0.5) is 4.39 Å². The number of carbonyl (C=O) groups is 1. The number of nitrogens with zero attached hydrogens (tertiary/aromatic N) is 1. The van der Waals surface area contributed by atoms with Gasteiger partial charge in [-0.2, -0.15) is 0 Å². The molecule has 17 heavy (non-hydrogen) atoms. The summed E-state index contributed by atoms with van der Waals surface area (Å²) in [6.45, 7) is -0.115. The zero-order valence-corrected chi connectivity index (χ0v) is 9.94. The Morgan fingerprint density at radius 1 is 1.53 bits per heavy atom. The molecule has 94 valence electrons. The molecule has 0 aliphatic carbocycles. The number of aliphatic hydroxyl groups excluding tert-OH is 1. The molecule has 0 bridgehead atoms. The van der Waals surface area contributed by atoms with E-state index in [1.54, 1.807) is 13.1 Å². The predicted molar refractivity (Wildman–Crippen MR) is 61.4 cm³/mol. The molecule has 1 aromatic carbocycles. The molecule has 0 atom stereocenters. The highest BCUT2D eigenvalue weighted by molar-refractivity contribution is 5.76. The van der Waals surface area contributed by atoms with Crippen molar-refractivity contribution in [2.45, 2.75) is 6.42 Å². The normalized spacial score (nSPS) is 10.1. The van der Waals surface area contributed by atoms with Crippen molar-refractivity contribution >= 4 is 5.91 Å². The molecule has 1 aromatic rings. The quantitative estimate of drug-likeness (QED) is 0.830. The third kappa shape index (κ3) is 3.71. The number of hydrogen-bond donors (Lipinski definition) is 1. The monoisotopic (exact) mass is 241 g/mol. The number of rotatable bonds is 5. The van der Waals surface area contributed by atoms with Crippen LogP contribution in [0.15, 0.2) is 18.2 Å². The van der Waals surface area contributed by atoms with Gasteiger partial charge in [0.15, 0.2) is 0 Å². The van der Waals surface area contributed by atoms with E-state index >= 15 is 0 Å². The van der Waals surface area contributed by atoms with Gasteiger partial charge in [-0.3, -0.25) is 4.79 Å². The molecule has 0 unspecified atom stereocenters. The third-order valence-electron chi connectivity index (χ3n) is 2.52. The Morgan fingerprint density at radius 2 is 2.24 bits per heavy atom. The second-order valence-electron chi connectivity index (χ2n) is 3.68. The highest BCUT2D eigenvalue weighted by atomic mass is 19.1. The van der Waals surface area contributed by atoms with Crippen LogP contribution in [0.5, 0.6) is 5.75 Å². The van der Waals surface area contributed by atoms with Gasteiger partial charge >= 0.3 is 0 Å². The zero-order valence-electron chi connectivity index (χ0n) is 9.94. The van der Waals surface area contributed by atoms with Crippen molar-refractivity contribution in [3.05, 3.63) is 29.6 Å². The van der Waals surface area contributed by atoms with Crippen LogP contribution in [0.2, 0.25) is 0 Å². The van der Waals surface area contributed by atoms with Gasteiger partial charge in [-0.05, 0) is 30.2 Å². The van der Waals surface area contributed by atoms with Crippen LogP contribution in [0.1, 0.15) is 5.56 Å². The van der Waals surface area contributed by atoms with Crippen molar-refractivity contribution in [1.29, 1.82) is 0 Å². The second-order valence-corrected chi connectivity index (χ2v) is 3.68. The number of aliphatic hydroxyl groups is 1. The summed E-state index contributed by atoms with van der Waals surface area (Å²) in [6, 6.07) is 4.26. The number of hydrogen-bond acceptors (Lipinski definition) is 3. The number of methoxy groups -OCH3 is 1. The topological polar surface area (TPSA) is 49.8 Å². The van der Waals surface area contributed by atoms with E-state index in [1.165, 1.54) is 24.1 Å².